The van der Waals surface area contributed by atoms with Crippen molar-refractivity contribution in [3.8, 4) is 0 Å². The zero-order chi connectivity index (χ0) is 17.6. The number of urea groups is 1. The highest BCUT2D eigenvalue weighted by Gasteiger charge is 2.21. The average molecular weight is 357 g/mol. The van der Waals surface area contributed by atoms with Gasteiger partial charge in [0.25, 0.3) is 0 Å². The minimum absolute atomic E-state index is 0.0605. The maximum Gasteiger partial charge on any atom is 0.317 e. The molecule has 25 heavy (non-hydrogen) atoms. The maximum absolute atomic E-state index is 12.4. The Morgan fingerprint density at radius 1 is 1.28 bits per heavy atom. The first-order valence-corrected chi connectivity index (χ1v) is 9.50. The fourth-order valence-corrected chi connectivity index (χ4v) is 3.64. The molecule has 1 fully saturated rings. The lowest BCUT2D eigenvalue weighted by atomic mass is 10.2. The van der Waals surface area contributed by atoms with Crippen LogP contribution in [0.1, 0.15) is 30.2 Å². The van der Waals surface area contributed by atoms with Gasteiger partial charge in [0.1, 0.15) is 0 Å². The summed E-state index contributed by atoms with van der Waals surface area (Å²) in [7, 11) is 0. The first-order valence-electron chi connectivity index (χ1n) is 8.62. The topological polar surface area (TPSA) is 52.7 Å². The highest BCUT2D eigenvalue weighted by molar-refractivity contribution is 7.09. The summed E-state index contributed by atoms with van der Waals surface area (Å²) < 4.78 is 0. The molecule has 0 spiro atoms. The zero-order valence-corrected chi connectivity index (χ0v) is 15.2. The van der Waals surface area contributed by atoms with Crippen LogP contribution < -0.4 is 10.2 Å². The molecule has 5 nitrogen and oxygen atoms in total. The van der Waals surface area contributed by atoms with E-state index in [0.717, 1.165) is 24.2 Å². The minimum Gasteiger partial charge on any atom is -0.334 e. The van der Waals surface area contributed by atoms with Crippen LogP contribution in [0.5, 0.6) is 0 Å². The van der Waals surface area contributed by atoms with Crippen molar-refractivity contribution in [2.45, 2.75) is 32.9 Å². The minimum atomic E-state index is -0.0605. The Morgan fingerprint density at radius 2 is 2.08 bits per heavy atom. The number of benzene rings is 1. The van der Waals surface area contributed by atoms with Gasteiger partial charge in [-0.25, -0.2) is 4.79 Å². The number of rotatable bonds is 6. The van der Waals surface area contributed by atoms with Gasteiger partial charge in [-0.2, -0.15) is 0 Å². The largest absolute Gasteiger partial charge is 0.334 e. The van der Waals surface area contributed by atoms with E-state index in [2.05, 4.69) is 5.32 Å². The van der Waals surface area contributed by atoms with E-state index in [1.54, 1.807) is 16.2 Å². The van der Waals surface area contributed by atoms with E-state index in [1.807, 2.05) is 53.6 Å². The quantitative estimate of drug-likeness (QED) is 0.859. The van der Waals surface area contributed by atoms with Gasteiger partial charge in [-0.1, -0.05) is 18.2 Å². The van der Waals surface area contributed by atoms with E-state index >= 15 is 0 Å². The van der Waals surface area contributed by atoms with Crippen molar-refractivity contribution in [1.29, 1.82) is 0 Å². The molecule has 2 aromatic rings. The average Bonchev–Trinajstić information content (AvgIpc) is 3.29. The molecular weight excluding hydrogens is 334 g/mol. The van der Waals surface area contributed by atoms with Crippen molar-refractivity contribution in [3.05, 3.63) is 52.2 Å². The lowest BCUT2D eigenvalue weighted by Crippen LogP contribution is -2.38. The molecule has 6 heteroatoms. The van der Waals surface area contributed by atoms with Crippen LogP contribution in [0.4, 0.5) is 10.5 Å². The number of nitrogens with zero attached hydrogens (tertiary/aromatic N) is 2. The van der Waals surface area contributed by atoms with E-state index in [0.29, 0.717) is 26.1 Å². The maximum atomic E-state index is 12.4. The Bertz CT molecular complexity index is 713. The molecule has 132 valence electrons. The second-order valence-corrected chi connectivity index (χ2v) is 7.10. The van der Waals surface area contributed by atoms with Crippen LogP contribution in [-0.2, 0) is 17.9 Å². The molecule has 0 radical (unpaired) electrons. The second-order valence-electron chi connectivity index (χ2n) is 6.07. The standard InChI is InChI=1S/C19H23N3O2S/c1-2-21(14-17-5-4-12-25-17)19(24)20-13-15-7-9-16(10-8-15)22-11-3-6-18(22)23/h4-5,7-10,12H,2-3,6,11,13-14H2,1H3,(H,20,24). The highest BCUT2D eigenvalue weighted by Crippen LogP contribution is 2.21. The first kappa shape index (κ1) is 17.5. The van der Waals surface area contributed by atoms with Crippen LogP contribution in [0.15, 0.2) is 41.8 Å². The summed E-state index contributed by atoms with van der Waals surface area (Å²) >= 11 is 1.66. The van der Waals surface area contributed by atoms with E-state index in [4.69, 9.17) is 0 Å². The molecule has 1 saturated heterocycles. The van der Waals surface area contributed by atoms with Crippen LogP contribution in [0.25, 0.3) is 0 Å². The van der Waals surface area contributed by atoms with Crippen molar-refractivity contribution in [3.63, 3.8) is 0 Å². The molecule has 1 aromatic carbocycles. The third-order valence-electron chi connectivity index (χ3n) is 4.36. The summed E-state index contributed by atoms with van der Waals surface area (Å²) in [6.45, 7) is 4.56. The molecule has 3 amide bonds. The summed E-state index contributed by atoms with van der Waals surface area (Å²) in [5.41, 5.74) is 1.96. The number of hydrogen-bond donors (Lipinski definition) is 1. The molecule has 1 aliphatic rings. The number of hydrogen-bond acceptors (Lipinski definition) is 3. The van der Waals surface area contributed by atoms with Gasteiger partial charge in [0.2, 0.25) is 5.91 Å². The smallest absolute Gasteiger partial charge is 0.317 e. The van der Waals surface area contributed by atoms with Gasteiger partial charge in [0.05, 0.1) is 6.54 Å². The van der Waals surface area contributed by atoms with Gasteiger partial charge in [0, 0.05) is 36.6 Å². The zero-order valence-electron chi connectivity index (χ0n) is 14.4. The van der Waals surface area contributed by atoms with Gasteiger partial charge in [0.15, 0.2) is 0 Å². The summed E-state index contributed by atoms with van der Waals surface area (Å²) in [5, 5.41) is 4.99. The number of carbonyl (C=O) groups is 2. The molecule has 0 unspecified atom stereocenters. The first-order chi connectivity index (χ1) is 12.2. The van der Waals surface area contributed by atoms with Gasteiger partial charge >= 0.3 is 6.03 Å². The van der Waals surface area contributed by atoms with Crippen molar-refractivity contribution >= 4 is 29.0 Å². The molecule has 0 atom stereocenters. The number of amides is 3. The van der Waals surface area contributed by atoms with Crippen LogP contribution in [0.3, 0.4) is 0 Å². The van der Waals surface area contributed by atoms with Crippen LogP contribution in [0, 0.1) is 0 Å². The summed E-state index contributed by atoms with van der Waals surface area (Å²) in [5.74, 6) is 0.188. The van der Waals surface area contributed by atoms with Gasteiger partial charge in [-0.3, -0.25) is 4.79 Å². The number of nitrogens with one attached hydrogen (secondary N) is 1. The monoisotopic (exact) mass is 357 g/mol. The van der Waals surface area contributed by atoms with Gasteiger partial charge in [-0.05, 0) is 42.5 Å². The molecule has 1 N–H and O–H groups in total. The molecular formula is C19H23N3O2S. The van der Waals surface area contributed by atoms with Crippen LogP contribution in [0.2, 0.25) is 0 Å². The van der Waals surface area contributed by atoms with E-state index in [9.17, 15) is 9.59 Å². The lowest BCUT2D eigenvalue weighted by molar-refractivity contribution is -0.117. The molecule has 3 rings (SSSR count). The Labute approximate surface area is 152 Å². The Morgan fingerprint density at radius 3 is 2.68 bits per heavy atom. The summed E-state index contributed by atoms with van der Waals surface area (Å²) in [4.78, 5) is 28.9. The predicted molar refractivity (Wildman–Crippen MR) is 101 cm³/mol. The third-order valence-corrected chi connectivity index (χ3v) is 5.22. The normalized spacial score (nSPS) is 14.0. The highest BCUT2D eigenvalue weighted by atomic mass is 32.1. The van der Waals surface area contributed by atoms with Crippen molar-refractivity contribution in [1.82, 2.24) is 10.2 Å². The van der Waals surface area contributed by atoms with Crippen molar-refractivity contribution in [2.75, 3.05) is 18.0 Å². The molecule has 0 bridgehead atoms. The summed E-state index contributed by atoms with van der Waals surface area (Å²) in [6.07, 6.45) is 1.56. The molecule has 2 heterocycles. The Kier molecular flexibility index (Phi) is 5.71. The van der Waals surface area contributed by atoms with Gasteiger partial charge < -0.3 is 15.1 Å². The molecule has 1 aromatic heterocycles. The Hall–Kier alpha value is -2.34. The molecule has 0 aliphatic carbocycles. The lowest BCUT2D eigenvalue weighted by Gasteiger charge is -2.21. The predicted octanol–water partition coefficient (Wildman–Crippen LogP) is 3.61. The number of thiophene rings is 1. The van der Waals surface area contributed by atoms with E-state index in [-0.39, 0.29) is 11.9 Å². The molecule has 1 aliphatic heterocycles. The number of anilines is 1. The van der Waals surface area contributed by atoms with E-state index in [1.165, 1.54) is 4.88 Å². The number of carbonyl (C=O) groups excluding carboxylic acids is 2. The second kappa shape index (κ2) is 8.16. The van der Waals surface area contributed by atoms with Crippen LogP contribution in [-0.4, -0.2) is 29.9 Å². The van der Waals surface area contributed by atoms with Crippen molar-refractivity contribution < 1.29 is 9.59 Å². The van der Waals surface area contributed by atoms with Gasteiger partial charge in [-0.15, -0.1) is 11.3 Å². The summed E-state index contributed by atoms with van der Waals surface area (Å²) in [6, 6.07) is 11.8. The fraction of sp³-hybridized carbons (Fsp3) is 0.368. The SMILES string of the molecule is CCN(Cc1cccs1)C(=O)NCc1ccc(N2CCCC2=O)cc1. The van der Waals surface area contributed by atoms with Crippen LogP contribution >= 0.6 is 11.3 Å². The Balaban J connectivity index is 1.53. The molecule has 0 saturated carbocycles. The van der Waals surface area contributed by atoms with E-state index < -0.39 is 0 Å². The third kappa shape index (κ3) is 4.39. The van der Waals surface area contributed by atoms with Crippen molar-refractivity contribution in [2.24, 2.45) is 0 Å². The fourth-order valence-electron chi connectivity index (χ4n) is 2.92.